The molecule has 4 nitrogen and oxygen atoms in total. The maximum atomic E-state index is 5.84. The van der Waals surface area contributed by atoms with Crippen LogP contribution in [0.1, 0.15) is 12.0 Å². The molecular formula is C13H12ClNO3. The summed E-state index contributed by atoms with van der Waals surface area (Å²) < 4.78 is 16.5. The van der Waals surface area contributed by atoms with Crippen molar-refractivity contribution in [2.75, 3.05) is 19.8 Å². The molecule has 0 radical (unpaired) electrons. The average molecular weight is 266 g/mol. The van der Waals surface area contributed by atoms with E-state index < -0.39 is 0 Å². The van der Waals surface area contributed by atoms with Gasteiger partial charge in [0.15, 0.2) is 11.9 Å². The van der Waals surface area contributed by atoms with Crippen LogP contribution in [0.4, 0.5) is 0 Å². The lowest BCUT2D eigenvalue weighted by atomic mass is 10.2. The Morgan fingerprint density at radius 1 is 1.17 bits per heavy atom. The van der Waals surface area contributed by atoms with Gasteiger partial charge in [-0.25, -0.2) is 4.98 Å². The lowest BCUT2D eigenvalue weighted by molar-refractivity contribution is -0.0994. The number of oxazole rings is 1. The molecule has 1 atom stereocenters. The molecule has 1 aliphatic heterocycles. The van der Waals surface area contributed by atoms with Gasteiger partial charge in [-0.2, -0.15) is 0 Å². The minimum absolute atomic E-state index is 0.209. The average Bonchev–Trinajstić information content (AvgIpc) is 2.90. The Kier molecular flexibility index (Phi) is 3.32. The normalized spacial score (nSPS) is 19.9. The van der Waals surface area contributed by atoms with Crippen LogP contribution in [-0.4, -0.2) is 24.8 Å². The van der Waals surface area contributed by atoms with Gasteiger partial charge in [-0.15, -0.1) is 0 Å². The first-order valence-corrected chi connectivity index (χ1v) is 6.12. The molecule has 0 saturated carbocycles. The smallest absolute Gasteiger partial charge is 0.226 e. The van der Waals surface area contributed by atoms with Crippen LogP contribution in [0.5, 0.6) is 0 Å². The van der Waals surface area contributed by atoms with Gasteiger partial charge in [0, 0.05) is 10.6 Å². The molecular weight excluding hydrogens is 254 g/mol. The van der Waals surface area contributed by atoms with Gasteiger partial charge in [0.2, 0.25) is 5.89 Å². The van der Waals surface area contributed by atoms with E-state index in [4.69, 9.17) is 25.5 Å². The van der Waals surface area contributed by atoms with Crippen molar-refractivity contribution in [3.8, 4) is 11.3 Å². The molecule has 94 valence electrons. The van der Waals surface area contributed by atoms with Crippen LogP contribution in [0.2, 0.25) is 5.02 Å². The van der Waals surface area contributed by atoms with Gasteiger partial charge in [0.05, 0.1) is 26.0 Å². The summed E-state index contributed by atoms with van der Waals surface area (Å²) in [5, 5.41) is 0.697. The van der Waals surface area contributed by atoms with Gasteiger partial charge in [-0.3, -0.25) is 0 Å². The fraction of sp³-hybridized carbons (Fsp3) is 0.308. The number of hydrogen-bond acceptors (Lipinski definition) is 4. The van der Waals surface area contributed by atoms with Crippen LogP contribution in [0.15, 0.2) is 34.9 Å². The Morgan fingerprint density at radius 2 is 2.00 bits per heavy atom. The van der Waals surface area contributed by atoms with Crippen molar-refractivity contribution in [3.05, 3.63) is 41.4 Å². The molecule has 1 fully saturated rings. The van der Waals surface area contributed by atoms with E-state index in [9.17, 15) is 0 Å². The van der Waals surface area contributed by atoms with E-state index in [-0.39, 0.29) is 6.10 Å². The number of nitrogens with zero attached hydrogens (tertiary/aromatic N) is 1. The highest BCUT2D eigenvalue weighted by Gasteiger charge is 2.21. The van der Waals surface area contributed by atoms with E-state index in [0.717, 1.165) is 5.56 Å². The number of benzene rings is 1. The maximum Gasteiger partial charge on any atom is 0.226 e. The van der Waals surface area contributed by atoms with Gasteiger partial charge < -0.3 is 13.9 Å². The molecule has 2 heterocycles. The lowest BCUT2D eigenvalue weighted by Crippen LogP contribution is -2.22. The van der Waals surface area contributed by atoms with Gasteiger partial charge in [-0.05, 0) is 24.3 Å². The predicted molar refractivity (Wildman–Crippen MR) is 66.5 cm³/mol. The Bertz CT molecular complexity index is 517. The zero-order valence-electron chi connectivity index (χ0n) is 9.64. The van der Waals surface area contributed by atoms with E-state index in [1.807, 2.05) is 24.3 Å². The quantitative estimate of drug-likeness (QED) is 0.837. The largest absolute Gasteiger partial charge is 0.438 e. The van der Waals surface area contributed by atoms with Crippen molar-refractivity contribution in [1.82, 2.24) is 4.98 Å². The highest BCUT2D eigenvalue weighted by molar-refractivity contribution is 6.30. The second-order valence-electron chi connectivity index (χ2n) is 4.00. The molecule has 1 aromatic heterocycles. The number of ether oxygens (including phenoxy) is 2. The zero-order valence-corrected chi connectivity index (χ0v) is 10.4. The van der Waals surface area contributed by atoms with E-state index in [0.29, 0.717) is 36.5 Å². The third-order valence-corrected chi connectivity index (χ3v) is 3.00. The Hall–Kier alpha value is -1.36. The van der Waals surface area contributed by atoms with Crippen LogP contribution in [0.3, 0.4) is 0 Å². The van der Waals surface area contributed by atoms with Crippen LogP contribution < -0.4 is 0 Å². The van der Waals surface area contributed by atoms with Crippen molar-refractivity contribution < 1.29 is 13.9 Å². The molecule has 0 N–H and O–H groups in total. The Labute approximate surface area is 109 Å². The molecule has 1 aliphatic rings. The van der Waals surface area contributed by atoms with E-state index in [1.165, 1.54) is 0 Å². The molecule has 1 unspecified atom stereocenters. The second kappa shape index (κ2) is 5.10. The molecule has 1 aromatic carbocycles. The van der Waals surface area contributed by atoms with E-state index in [1.54, 1.807) is 6.20 Å². The summed E-state index contributed by atoms with van der Waals surface area (Å²) in [4.78, 5) is 4.23. The Balaban J connectivity index is 1.82. The molecule has 2 aromatic rings. The van der Waals surface area contributed by atoms with Gasteiger partial charge in [0.25, 0.3) is 0 Å². The number of halogens is 1. The molecule has 0 spiro atoms. The SMILES string of the molecule is Clc1ccc(-c2cnc(C3COCCO3)o2)cc1. The van der Waals surface area contributed by atoms with Crippen molar-refractivity contribution in [3.63, 3.8) is 0 Å². The van der Waals surface area contributed by atoms with Gasteiger partial charge in [-0.1, -0.05) is 11.6 Å². The van der Waals surface area contributed by atoms with Crippen LogP contribution in [0, 0.1) is 0 Å². The zero-order chi connectivity index (χ0) is 12.4. The molecule has 0 aliphatic carbocycles. The molecule has 18 heavy (non-hydrogen) atoms. The first-order valence-electron chi connectivity index (χ1n) is 5.74. The second-order valence-corrected chi connectivity index (χ2v) is 4.44. The number of rotatable bonds is 2. The topological polar surface area (TPSA) is 44.5 Å². The highest BCUT2D eigenvalue weighted by atomic mass is 35.5. The van der Waals surface area contributed by atoms with Crippen molar-refractivity contribution >= 4 is 11.6 Å². The van der Waals surface area contributed by atoms with Crippen molar-refractivity contribution in [1.29, 1.82) is 0 Å². The fourth-order valence-electron chi connectivity index (χ4n) is 1.81. The molecule has 0 bridgehead atoms. The number of hydrogen-bond donors (Lipinski definition) is 0. The molecule has 3 rings (SSSR count). The third kappa shape index (κ3) is 2.41. The van der Waals surface area contributed by atoms with Crippen LogP contribution >= 0.6 is 11.6 Å². The summed E-state index contributed by atoms with van der Waals surface area (Å²) in [6, 6.07) is 7.42. The highest BCUT2D eigenvalue weighted by Crippen LogP contribution is 2.26. The van der Waals surface area contributed by atoms with Crippen molar-refractivity contribution in [2.45, 2.75) is 6.10 Å². The molecule has 1 saturated heterocycles. The molecule has 0 amide bonds. The van der Waals surface area contributed by atoms with Crippen LogP contribution in [-0.2, 0) is 9.47 Å². The fourth-order valence-corrected chi connectivity index (χ4v) is 1.94. The van der Waals surface area contributed by atoms with E-state index in [2.05, 4.69) is 4.98 Å². The summed E-state index contributed by atoms with van der Waals surface area (Å²) in [5.74, 6) is 1.26. The van der Waals surface area contributed by atoms with Gasteiger partial charge in [0.1, 0.15) is 0 Å². The van der Waals surface area contributed by atoms with Crippen LogP contribution in [0.25, 0.3) is 11.3 Å². The predicted octanol–water partition coefficient (Wildman–Crippen LogP) is 3.08. The van der Waals surface area contributed by atoms with Crippen molar-refractivity contribution in [2.24, 2.45) is 0 Å². The summed E-state index contributed by atoms with van der Waals surface area (Å²) in [7, 11) is 0. The summed E-state index contributed by atoms with van der Waals surface area (Å²) >= 11 is 5.84. The standard InChI is InChI=1S/C13H12ClNO3/c14-10-3-1-9(2-4-10)11-7-15-13(18-11)12-8-16-5-6-17-12/h1-4,7,12H,5-6,8H2. The minimum Gasteiger partial charge on any atom is -0.438 e. The van der Waals surface area contributed by atoms with Gasteiger partial charge >= 0.3 is 0 Å². The molecule has 5 heteroatoms. The summed E-state index contributed by atoms with van der Waals surface area (Å²) in [6.45, 7) is 1.69. The summed E-state index contributed by atoms with van der Waals surface area (Å²) in [6.07, 6.45) is 1.48. The summed E-state index contributed by atoms with van der Waals surface area (Å²) in [5.41, 5.74) is 0.940. The first-order chi connectivity index (χ1) is 8.83. The van der Waals surface area contributed by atoms with E-state index >= 15 is 0 Å². The first kappa shape index (κ1) is 11.7. The monoisotopic (exact) mass is 265 g/mol. The third-order valence-electron chi connectivity index (χ3n) is 2.74. The number of aromatic nitrogens is 1. The minimum atomic E-state index is -0.209. The lowest BCUT2D eigenvalue weighted by Gasteiger charge is -2.19. The maximum absolute atomic E-state index is 5.84. The Morgan fingerprint density at radius 3 is 2.72 bits per heavy atom.